The summed E-state index contributed by atoms with van der Waals surface area (Å²) < 4.78 is 0. The molecule has 0 saturated heterocycles. The summed E-state index contributed by atoms with van der Waals surface area (Å²) in [5, 5.41) is 9.85. The molecular weight excluding hydrogens is 362 g/mol. The number of hydrogen-bond acceptors (Lipinski definition) is 1. The quantitative estimate of drug-likeness (QED) is 0.244. The van der Waals surface area contributed by atoms with E-state index in [0.717, 1.165) is 17.8 Å². The van der Waals surface area contributed by atoms with E-state index < -0.39 is 0 Å². The predicted molar refractivity (Wildman–Crippen MR) is 131 cm³/mol. The molecule has 30 heavy (non-hydrogen) atoms. The van der Waals surface area contributed by atoms with E-state index in [9.17, 15) is 5.26 Å². The summed E-state index contributed by atoms with van der Waals surface area (Å²) in [4.78, 5) is 0. The molecule has 0 N–H and O–H groups in total. The number of nitriles is 1. The van der Waals surface area contributed by atoms with Crippen molar-refractivity contribution in [2.75, 3.05) is 0 Å². The summed E-state index contributed by atoms with van der Waals surface area (Å²) >= 11 is 0. The van der Waals surface area contributed by atoms with E-state index in [1.807, 2.05) is 0 Å². The molecule has 2 rings (SSSR count). The highest BCUT2D eigenvalue weighted by Gasteiger charge is 2.38. The Morgan fingerprint density at radius 1 is 0.633 bits per heavy atom. The Morgan fingerprint density at radius 3 is 1.70 bits per heavy atom. The molecule has 0 aromatic carbocycles. The Labute approximate surface area is 189 Å². The molecule has 0 spiro atoms. The molecule has 2 saturated carbocycles. The maximum atomic E-state index is 9.85. The van der Waals surface area contributed by atoms with Crippen LogP contribution in [0.3, 0.4) is 0 Å². The molecule has 0 bridgehead atoms. The van der Waals surface area contributed by atoms with E-state index in [0.29, 0.717) is 0 Å². The minimum Gasteiger partial charge on any atom is -0.198 e. The van der Waals surface area contributed by atoms with Crippen molar-refractivity contribution in [1.82, 2.24) is 0 Å². The molecule has 0 unspecified atom stereocenters. The molecule has 0 aromatic rings. The second-order valence-corrected chi connectivity index (χ2v) is 11.1. The molecule has 0 atom stereocenters. The van der Waals surface area contributed by atoms with Gasteiger partial charge in [0.2, 0.25) is 0 Å². The third kappa shape index (κ3) is 9.32. The van der Waals surface area contributed by atoms with Crippen LogP contribution in [-0.2, 0) is 0 Å². The highest BCUT2D eigenvalue weighted by Crippen LogP contribution is 2.47. The van der Waals surface area contributed by atoms with Crippen LogP contribution in [-0.4, -0.2) is 0 Å². The smallest absolute Gasteiger partial charge is 0.0689 e. The van der Waals surface area contributed by atoms with E-state index in [-0.39, 0.29) is 5.41 Å². The van der Waals surface area contributed by atoms with Gasteiger partial charge in [-0.25, -0.2) is 0 Å². The van der Waals surface area contributed by atoms with Crippen molar-refractivity contribution < 1.29 is 0 Å². The average Bonchev–Trinajstić information content (AvgIpc) is 2.79. The van der Waals surface area contributed by atoms with Gasteiger partial charge in [0.05, 0.1) is 11.5 Å². The number of hydrogen-bond donors (Lipinski definition) is 0. The van der Waals surface area contributed by atoms with Gasteiger partial charge in [0.25, 0.3) is 0 Å². The third-order valence-electron chi connectivity index (χ3n) is 8.76. The zero-order valence-corrected chi connectivity index (χ0v) is 20.7. The average molecular weight is 416 g/mol. The first-order valence-corrected chi connectivity index (χ1v) is 14.1. The van der Waals surface area contributed by atoms with Crippen molar-refractivity contribution in [3.05, 3.63) is 0 Å². The molecular formula is C29H53N. The third-order valence-corrected chi connectivity index (χ3v) is 8.76. The van der Waals surface area contributed by atoms with Gasteiger partial charge in [-0.3, -0.25) is 0 Å². The van der Waals surface area contributed by atoms with Gasteiger partial charge in [-0.2, -0.15) is 5.26 Å². The topological polar surface area (TPSA) is 23.8 Å². The fourth-order valence-corrected chi connectivity index (χ4v) is 6.49. The van der Waals surface area contributed by atoms with Crippen molar-refractivity contribution in [2.24, 2.45) is 23.2 Å². The first-order valence-electron chi connectivity index (χ1n) is 14.1. The van der Waals surface area contributed by atoms with E-state index in [1.165, 1.54) is 141 Å². The van der Waals surface area contributed by atoms with Gasteiger partial charge in [0.15, 0.2) is 0 Å². The van der Waals surface area contributed by atoms with Gasteiger partial charge in [-0.1, -0.05) is 110 Å². The summed E-state index contributed by atoms with van der Waals surface area (Å²) in [7, 11) is 0. The lowest BCUT2D eigenvalue weighted by molar-refractivity contribution is 0.114. The molecule has 2 fully saturated rings. The summed E-state index contributed by atoms with van der Waals surface area (Å²) in [6.07, 6.45) is 30.6. The van der Waals surface area contributed by atoms with Crippen LogP contribution in [0.25, 0.3) is 0 Å². The summed E-state index contributed by atoms with van der Waals surface area (Å²) in [6, 6.07) is 2.77. The summed E-state index contributed by atoms with van der Waals surface area (Å²) in [5.41, 5.74) is 0.0397. The number of nitrogens with zero attached hydrogens (tertiary/aromatic N) is 1. The van der Waals surface area contributed by atoms with E-state index in [1.54, 1.807) is 0 Å². The standard InChI is InChI=1S/C29H53N/c1-3-5-7-9-10-11-12-13-15-26-16-18-27(19-17-26)28-20-23-29(25-30,24-21-28)22-14-8-6-4-2/h26-28H,3-24H2,1-2H3/t26?,27?,28-,29+. The van der Waals surface area contributed by atoms with E-state index >= 15 is 0 Å². The maximum Gasteiger partial charge on any atom is 0.0689 e. The van der Waals surface area contributed by atoms with Crippen LogP contribution in [0.15, 0.2) is 0 Å². The number of unbranched alkanes of at least 4 members (excludes halogenated alkanes) is 10. The second kappa shape index (κ2) is 15.3. The zero-order chi connectivity index (χ0) is 21.5. The Kier molecular flexibility index (Phi) is 13.1. The second-order valence-electron chi connectivity index (χ2n) is 11.1. The van der Waals surface area contributed by atoms with Gasteiger partial charge in [0.1, 0.15) is 0 Å². The molecule has 2 aliphatic carbocycles. The van der Waals surface area contributed by atoms with Crippen LogP contribution in [0.5, 0.6) is 0 Å². The van der Waals surface area contributed by atoms with Gasteiger partial charge in [-0.15, -0.1) is 0 Å². The van der Waals surface area contributed by atoms with E-state index in [2.05, 4.69) is 19.9 Å². The number of rotatable bonds is 15. The molecule has 2 aliphatic rings. The fourth-order valence-electron chi connectivity index (χ4n) is 6.49. The molecule has 0 heterocycles. The molecule has 0 radical (unpaired) electrons. The van der Waals surface area contributed by atoms with Gasteiger partial charge in [0, 0.05) is 0 Å². The lowest BCUT2D eigenvalue weighted by Gasteiger charge is -2.41. The van der Waals surface area contributed by atoms with Crippen molar-refractivity contribution in [1.29, 1.82) is 5.26 Å². The van der Waals surface area contributed by atoms with Crippen LogP contribution < -0.4 is 0 Å². The molecule has 0 amide bonds. The van der Waals surface area contributed by atoms with Crippen molar-refractivity contribution >= 4 is 0 Å². The highest BCUT2D eigenvalue weighted by atomic mass is 14.4. The first-order chi connectivity index (χ1) is 14.7. The lowest BCUT2D eigenvalue weighted by atomic mass is 9.63. The molecule has 1 nitrogen and oxygen atoms in total. The monoisotopic (exact) mass is 415 g/mol. The largest absolute Gasteiger partial charge is 0.198 e. The Morgan fingerprint density at radius 2 is 1.13 bits per heavy atom. The summed E-state index contributed by atoms with van der Waals surface area (Å²) in [6.45, 7) is 4.58. The zero-order valence-electron chi connectivity index (χ0n) is 20.7. The fraction of sp³-hybridized carbons (Fsp3) is 0.966. The van der Waals surface area contributed by atoms with E-state index in [4.69, 9.17) is 0 Å². The van der Waals surface area contributed by atoms with Gasteiger partial charge in [-0.05, 0) is 62.7 Å². The minimum atomic E-state index is 0.0397. The minimum absolute atomic E-state index is 0.0397. The normalized spacial score (nSPS) is 29.6. The van der Waals surface area contributed by atoms with Crippen LogP contribution in [0.2, 0.25) is 0 Å². The van der Waals surface area contributed by atoms with Crippen molar-refractivity contribution in [2.45, 2.75) is 155 Å². The van der Waals surface area contributed by atoms with Crippen molar-refractivity contribution in [3.8, 4) is 6.07 Å². The molecule has 1 heteroatoms. The SMILES string of the molecule is CCCCCCCCCCC1CCC([C@H]2CC[C@](C#N)(CCCCCC)CC2)CC1. The lowest BCUT2D eigenvalue weighted by Crippen LogP contribution is -2.31. The van der Waals surface area contributed by atoms with Crippen molar-refractivity contribution in [3.63, 3.8) is 0 Å². The van der Waals surface area contributed by atoms with Gasteiger partial charge < -0.3 is 0 Å². The van der Waals surface area contributed by atoms with Gasteiger partial charge >= 0.3 is 0 Å². The first kappa shape index (κ1) is 25.7. The molecule has 174 valence electrons. The molecule has 0 aliphatic heterocycles. The predicted octanol–water partition coefficient (Wildman–Crippen LogP) is 9.99. The Bertz CT molecular complexity index is 445. The van der Waals surface area contributed by atoms with Crippen LogP contribution in [0, 0.1) is 34.5 Å². The van der Waals surface area contributed by atoms with Crippen LogP contribution in [0.4, 0.5) is 0 Å². The molecule has 0 aromatic heterocycles. The Hall–Kier alpha value is -0.510. The van der Waals surface area contributed by atoms with Crippen LogP contribution >= 0.6 is 0 Å². The highest BCUT2D eigenvalue weighted by molar-refractivity contribution is 5.02. The van der Waals surface area contributed by atoms with Crippen LogP contribution in [0.1, 0.15) is 155 Å². The Balaban J connectivity index is 1.55. The maximum absolute atomic E-state index is 9.85. The summed E-state index contributed by atoms with van der Waals surface area (Å²) in [5.74, 6) is 2.95.